The van der Waals surface area contributed by atoms with Gasteiger partial charge in [0.1, 0.15) is 24.0 Å². The van der Waals surface area contributed by atoms with Crippen LogP contribution in [0.5, 0.6) is 5.75 Å². The number of nitrogens with zero attached hydrogens (tertiary/aromatic N) is 1. The lowest BCUT2D eigenvalue weighted by Gasteiger charge is -2.21. The van der Waals surface area contributed by atoms with Crippen LogP contribution in [0.3, 0.4) is 0 Å². The van der Waals surface area contributed by atoms with E-state index in [0.29, 0.717) is 18.8 Å². The summed E-state index contributed by atoms with van der Waals surface area (Å²) in [6.07, 6.45) is 0. The summed E-state index contributed by atoms with van der Waals surface area (Å²) in [6.45, 7) is 0.863. The Morgan fingerprint density at radius 3 is 2.80 bits per heavy atom. The lowest BCUT2D eigenvalue weighted by atomic mass is 10.2. The zero-order valence-corrected chi connectivity index (χ0v) is 10.8. The van der Waals surface area contributed by atoms with E-state index in [1.807, 2.05) is 12.1 Å². The first-order chi connectivity index (χ1) is 9.70. The topological polar surface area (TPSA) is 59.6 Å². The van der Waals surface area contributed by atoms with Crippen molar-refractivity contribution in [2.24, 2.45) is 4.99 Å². The number of anilines is 2. The number of hydrogen-bond donors (Lipinski definition) is 2. The van der Waals surface area contributed by atoms with E-state index in [2.05, 4.69) is 10.3 Å². The van der Waals surface area contributed by atoms with Gasteiger partial charge in [-0.1, -0.05) is 12.1 Å². The summed E-state index contributed by atoms with van der Waals surface area (Å²) in [5.41, 5.74) is 8.16. The van der Waals surface area contributed by atoms with E-state index >= 15 is 0 Å². The van der Waals surface area contributed by atoms with E-state index < -0.39 is 0 Å². The zero-order valence-electron chi connectivity index (χ0n) is 10.8. The molecule has 1 heterocycles. The lowest BCUT2D eigenvalue weighted by Crippen LogP contribution is -2.26. The fourth-order valence-corrected chi connectivity index (χ4v) is 1.97. The molecule has 0 aliphatic carbocycles. The summed E-state index contributed by atoms with van der Waals surface area (Å²) < 4.78 is 18.4. The van der Waals surface area contributed by atoms with Crippen LogP contribution in [0.4, 0.5) is 15.8 Å². The lowest BCUT2D eigenvalue weighted by molar-refractivity contribution is 0.372. The van der Waals surface area contributed by atoms with E-state index in [1.54, 1.807) is 18.2 Å². The maximum absolute atomic E-state index is 12.8. The number of benzene rings is 2. The number of aliphatic imine (C=N–C) groups is 1. The Labute approximate surface area is 116 Å². The van der Waals surface area contributed by atoms with Gasteiger partial charge in [-0.05, 0) is 35.9 Å². The number of amidine groups is 1. The first kappa shape index (κ1) is 12.5. The highest BCUT2D eigenvalue weighted by Crippen LogP contribution is 2.29. The maximum Gasteiger partial charge on any atom is 0.146 e. The molecule has 1 aliphatic rings. The van der Waals surface area contributed by atoms with Gasteiger partial charge in [-0.25, -0.2) is 4.39 Å². The van der Waals surface area contributed by atoms with Crippen molar-refractivity contribution in [3.05, 3.63) is 53.8 Å². The average molecular weight is 271 g/mol. The van der Waals surface area contributed by atoms with Crippen molar-refractivity contribution in [1.82, 2.24) is 0 Å². The summed E-state index contributed by atoms with van der Waals surface area (Å²) in [5, 5.41) is 3.19. The predicted molar refractivity (Wildman–Crippen MR) is 77.5 cm³/mol. The van der Waals surface area contributed by atoms with E-state index in [-0.39, 0.29) is 5.82 Å². The minimum absolute atomic E-state index is 0.245. The summed E-state index contributed by atoms with van der Waals surface area (Å²) in [5.74, 6) is 1.25. The van der Waals surface area contributed by atoms with Crippen molar-refractivity contribution >= 4 is 17.2 Å². The molecule has 0 saturated heterocycles. The first-order valence-electron chi connectivity index (χ1n) is 6.28. The van der Waals surface area contributed by atoms with Crippen LogP contribution in [-0.2, 0) is 6.54 Å². The van der Waals surface area contributed by atoms with Gasteiger partial charge in [0.25, 0.3) is 0 Å². The molecule has 3 N–H and O–H groups in total. The molecule has 0 radical (unpaired) electrons. The van der Waals surface area contributed by atoms with Crippen LogP contribution in [0.15, 0.2) is 47.5 Å². The van der Waals surface area contributed by atoms with Crippen molar-refractivity contribution < 1.29 is 9.13 Å². The third kappa shape index (κ3) is 2.71. The second kappa shape index (κ2) is 5.21. The van der Waals surface area contributed by atoms with Gasteiger partial charge in [0.2, 0.25) is 0 Å². The van der Waals surface area contributed by atoms with E-state index in [1.165, 1.54) is 12.1 Å². The van der Waals surface area contributed by atoms with Gasteiger partial charge >= 0.3 is 0 Å². The van der Waals surface area contributed by atoms with Gasteiger partial charge < -0.3 is 15.8 Å². The number of halogens is 1. The second-order valence-electron chi connectivity index (χ2n) is 4.56. The molecule has 0 aromatic heterocycles. The molecule has 1 aliphatic heterocycles. The number of rotatable bonds is 2. The van der Waals surface area contributed by atoms with Crippen LogP contribution >= 0.6 is 0 Å². The highest BCUT2D eigenvalue weighted by Gasteiger charge is 2.14. The molecule has 2 aromatic carbocycles. The zero-order chi connectivity index (χ0) is 13.9. The summed E-state index contributed by atoms with van der Waals surface area (Å²) in [7, 11) is 0. The van der Waals surface area contributed by atoms with E-state index in [4.69, 9.17) is 10.5 Å². The predicted octanol–water partition coefficient (Wildman–Crippen LogP) is 2.81. The molecular formula is C15H14FN3O. The van der Waals surface area contributed by atoms with Crippen molar-refractivity contribution in [1.29, 1.82) is 0 Å². The van der Waals surface area contributed by atoms with E-state index in [0.717, 1.165) is 22.8 Å². The minimum atomic E-state index is -0.245. The summed E-state index contributed by atoms with van der Waals surface area (Å²) >= 11 is 0. The van der Waals surface area contributed by atoms with Crippen LogP contribution in [0, 0.1) is 5.82 Å². The third-order valence-corrected chi connectivity index (χ3v) is 3.01. The Kier molecular flexibility index (Phi) is 3.25. The summed E-state index contributed by atoms with van der Waals surface area (Å²) in [6, 6.07) is 11.7. The molecule has 102 valence electrons. The molecule has 3 rings (SSSR count). The highest BCUT2D eigenvalue weighted by molar-refractivity contribution is 5.99. The number of fused-ring (bicyclic) bond motifs is 1. The van der Waals surface area contributed by atoms with Crippen molar-refractivity contribution in [2.45, 2.75) is 6.54 Å². The van der Waals surface area contributed by atoms with Crippen molar-refractivity contribution in [3.8, 4) is 5.75 Å². The fourth-order valence-electron chi connectivity index (χ4n) is 1.97. The van der Waals surface area contributed by atoms with Gasteiger partial charge in [0, 0.05) is 5.69 Å². The molecule has 4 nitrogen and oxygen atoms in total. The Hall–Kier alpha value is -2.56. The smallest absolute Gasteiger partial charge is 0.146 e. The van der Waals surface area contributed by atoms with E-state index in [9.17, 15) is 4.39 Å². The van der Waals surface area contributed by atoms with Gasteiger partial charge in [0.05, 0.1) is 12.2 Å². The monoisotopic (exact) mass is 271 g/mol. The molecule has 0 bridgehead atoms. The van der Waals surface area contributed by atoms with Gasteiger partial charge in [0.15, 0.2) is 0 Å². The quantitative estimate of drug-likeness (QED) is 0.826. The maximum atomic E-state index is 12.8. The standard InChI is InChI=1S/C15H14FN3O/c16-11-3-1-10(2-4-11)8-18-15-9-20-14-6-5-12(17)7-13(14)19-15/h1-7H,8-9,17H2,(H,18,19). The Morgan fingerprint density at radius 2 is 2.00 bits per heavy atom. The van der Waals surface area contributed by atoms with Crippen LogP contribution in [0.25, 0.3) is 0 Å². The van der Waals surface area contributed by atoms with Gasteiger partial charge in [-0.2, -0.15) is 0 Å². The summed E-state index contributed by atoms with van der Waals surface area (Å²) in [4.78, 5) is 4.43. The van der Waals surface area contributed by atoms with Crippen LogP contribution < -0.4 is 15.8 Å². The van der Waals surface area contributed by atoms with Crippen LogP contribution in [0.2, 0.25) is 0 Å². The Morgan fingerprint density at radius 1 is 1.20 bits per heavy atom. The molecule has 0 atom stereocenters. The molecule has 0 amide bonds. The molecule has 20 heavy (non-hydrogen) atoms. The molecule has 2 aromatic rings. The number of nitrogens with one attached hydrogen (secondary N) is 1. The number of nitrogen functional groups attached to an aromatic ring is 1. The average Bonchev–Trinajstić information content (AvgIpc) is 2.46. The normalized spacial score (nSPS) is 15.3. The largest absolute Gasteiger partial charge is 0.484 e. The number of hydrogen-bond acceptors (Lipinski definition) is 3. The molecule has 0 saturated carbocycles. The van der Waals surface area contributed by atoms with Crippen LogP contribution in [-0.4, -0.2) is 12.4 Å². The first-order valence-corrected chi connectivity index (χ1v) is 6.28. The molecule has 0 fully saturated rings. The number of ether oxygens (including phenoxy) is 1. The Balaban J connectivity index is 1.73. The second-order valence-corrected chi connectivity index (χ2v) is 4.56. The minimum Gasteiger partial charge on any atom is -0.484 e. The molecule has 5 heteroatoms. The van der Waals surface area contributed by atoms with Crippen molar-refractivity contribution in [3.63, 3.8) is 0 Å². The fraction of sp³-hybridized carbons (Fsp3) is 0.133. The Bertz CT molecular complexity index is 653. The molecule has 0 spiro atoms. The number of nitrogens with two attached hydrogens (primary N) is 1. The van der Waals surface area contributed by atoms with Gasteiger partial charge in [-0.15, -0.1) is 0 Å². The molecular weight excluding hydrogens is 257 g/mol. The van der Waals surface area contributed by atoms with Crippen LogP contribution in [0.1, 0.15) is 5.56 Å². The van der Waals surface area contributed by atoms with Crippen molar-refractivity contribution in [2.75, 3.05) is 17.7 Å². The SMILES string of the molecule is Nc1ccc2c(c1)NC(=NCc1ccc(F)cc1)CO2. The highest BCUT2D eigenvalue weighted by atomic mass is 19.1. The van der Waals surface area contributed by atoms with Gasteiger partial charge in [-0.3, -0.25) is 4.99 Å². The molecule has 0 unspecified atom stereocenters. The third-order valence-electron chi connectivity index (χ3n) is 3.01.